The quantitative estimate of drug-likeness (QED) is 0.706. The predicted molar refractivity (Wildman–Crippen MR) is 53.1 cm³/mol. The number of nitrogens with two attached hydrogens (primary N) is 1. The summed E-state index contributed by atoms with van der Waals surface area (Å²) in [6.45, 7) is 7.93. The van der Waals surface area contributed by atoms with Crippen LogP contribution in [0.3, 0.4) is 0 Å². The summed E-state index contributed by atoms with van der Waals surface area (Å²) in [7, 11) is 0. The van der Waals surface area contributed by atoms with E-state index in [0.717, 1.165) is 6.42 Å². The van der Waals surface area contributed by atoms with Gasteiger partial charge in [0.2, 0.25) is 5.91 Å². The molecular formula is C9H20N2O2. The van der Waals surface area contributed by atoms with Crippen LogP contribution in [0.1, 0.15) is 40.5 Å². The van der Waals surface area contributed by atoms with Crippen LogP contribution in [0.5, 0.6) is 0 Å². The van der Waals surface area contributed by atoms with Crippen molar-refractivity contribution in [2.75, 3.05) is 0 Å². The van der Waals surface area contributed by atoms with Gasteiger partial charge in [-0.2, -0.15) is 0 Å². The first-order chi connectivity index (χ1) is 6.06. The molecule has 0 aromatic rings. The van der Waals surface area contributed by atoms with Gasteiger partial charge in [0.05, 0.1) is 0 Å². The fourth-order valence-corrected chi connectivity index (χ4v) is 0.649. The second-order valence-electron chi connectivity index (χ2n) is 2.63. The summed E-state index contributed by atoms with van der Waals surface area (Å²) in [5, 5.41) is 2.01. The van der Waals surface area contributed by atoms with Crippen molar-refractivity contribution in [3.05, 3.63) is 0 Å². The van der Waals surface area contributed by atoms with E-state index in [1.54, 1.807) is 0 Å². The van der Waals surface area contributed by atoms with E-state index in [9.17, 15) is 9.59 Å². The van der Waals surface area contributed by atoms with Crippen LogP contribution < -0.4 is 11.1 Å². The molecule has 0 bridgehead atoms. The van der Waals surface area contributed by atoms with E-state index in [2.05, 4.69) is 0 Å². The molecule has 0 aliphatic heterocycles. The number of carbonyl (C=O) groups is 2. The first-order valence-corrected chi connectivity index (χ1v) is 4.65. The molecule has 0 heterocycles. The highest BCUT2D eigenvalue weighted by molar-refractivity contribution is 5.93. The Kier molecular flexibility index (Phi) is 10.0. The van der Waals surface area contributed by atoms with Gasteiger partial charge in [0.25, 0.3) is 0 Å². The van der Waals surface area contributed by atoms with E-state index in [1.165, 1.54) is 0 Å². The molecule has 0 radical (unpaired) electrons. The summed E-state index contributed by atoms with van der Waals surface area (Å²) in [6, 6.07) is -0.779. The van der Waals surface area contributed by atoms with Gasteiger partial charge in [-0.15, -0.1) is 0 Å². The van der Waals surface area contributed by atoms with Gasteiger partial charge in [-0.3, -0.25) is 10.1 Å². The molecular weight excluding hydrogens is 168 g/mol. The molecule has 78 valence electrons. The summed E-state index contributed by atoms with van der Waals surface area (Å²) >= 11 is 0. The third-order valence-corrected chi connectivity index (χ3v) is 1.49. The van der Waals surface area contributed by atoms with E-state index in [-0.39, 0.29) is 5.91 Å². The third-order valence-electron chi connectivity index (χ3n) is 1.49. The Hall–Kier alpha value is -1.06. The normalized spacial score (nSPS) is 10.8. The van der Waals surface area contributed by atoms with Crippen molar-refractivity contribution in [1.29, 1.82) is 0 Å². The van der Waals surface area contributed by atoms with Gasteiger partial charge < -0.3 is 5.73 Å². The number of rotatable bonds is 3. The Balaban J connectivity index is 0. The van der Waals surface area contributed by atoms with Gasteiger partial charge in [0, 0.05) is 6.42 Å². The Morgan fingerprint density at radius 2 is 1.85 bits per heavy atom. The molecule has 0 saturated heterocycles. The van der Waals surface area contributed by atoms with Crippen molar-refractivity contribution in [3.8, 4) is 0 Å². The zero-order chi connectivity index (χ0) is 10.9. The van der Waals surface area contributed by atoms with Crippen molar-refractivity contribution in [2.45, 2.75) is 40.5 Å². The van der Waals surface area contributed by atoms with E-state index in [0.29, 0.717) is 12.3 Å². The first-order valence-electron chi connectivity index (χ1n) is 4.65. The number of amides is 3. The van der Waals surface area contributed by atoms with E-state index in [1.807, 2.05) is 33.0 Å². The number of primary amides is 1. The number of hydrogen-bond donors (Lipinski definition) is 2. The Labute approximate surface area is 79.9 Å². The molecule has 1 atom stereocenters. The predicted octanol–water partition coefficient (Wildman–Crippen LogP) is 1.64. The maximum atomic E-state index is 10.8. The van der Waals surface area contributed by atoms with Crippen molar-refractivity contribution >= 4 is 11.9 Å². The molecule has 3 N–H and O–H groups in total. The third kappa shape index (κ3) is 10.9. The summed E-state index contributed by atoms with van der Waals surface area (Å²) in [6.07, 6.45) is 1.28. The lowest BCUT2D eigenvalue weighted by atomic mass is 10.1. The average Bonchev–Trinajstić information content (AvgIpc) is 2.06. The molecule has 0 aromatic carbocycles. The van der Waals surface area contributed by atoms with Gasteiger partial charge in [-0.05, 0) is 5.92 Å². The minimum atomic E-state index is -0.779. The summed E-state index contributed by atoms with van der Waals surface area (Å²) < 4.78 is 0. The van der Waals surface area contributed by atoms with E-state index >= 15 is 0 Å². The van der Waals surface area contributed by atoms with Crippen LogP contribution in [0.15, 0.2) is 0 Å². The lowest BCUT2D eigenvalue weighted by Gasteiger charge is -2.05. The minimum absolute atomic E-state index is 0.299. The number of hydrogen-bond acceptors (Lipinski definition) is 2. The van der Waals surface area contributed by atoms with Gasteiger partial charge >= 0.3 is 6.03 Å². The maximum absolute atomic E-state index is 10.8. The summed E-state index contributed by atoms with van der Waals surface area (Å²) in [5.74, 6) is 0.00111. The maximum Gasteiger partial charge on any atom is 0.318 e. The van der Waals surface area contributed by atoms with Crippen molar-refractivity contribution in [3.63, 3.8) is 0 Å². The first kappa shape index (κ1) is 14.5. The zero-order valence-electron chi connectivity index (χ0n) is 8.89. The van der Waals surface area contributed by atoms with Crippen LogP contribution in [-0.2, 0) is 4.79 Å². The molecule has 4 nitrogen and oxygen atoms in total. The molecule has 13 heavy (non-hydrogen) atoms. The minimum Gasteiger partial charge on any atom is -0.351 e. The van der Waals surface area contributed by atoms with Crippen LogP contribution in [0, 0.1) is 5.92 Å². The average molecular weight is 188 g/mol. The Bertz CT molecular complexity index is 158. The molecule has 0 aliphatic carbocycles. The molecule has 0 spiro atoms. The Morgan fingerprint density at radius 3 is 2.15 bits per heavy atom. The molecule has 4 heteroatoms. The van der Waals surface area contributed by atoms with Gasteiger partial charge in [-0.25, -0.2) is 4.79 Å². The number of carbonyl (C=O) groups excluding carboxylic acids is 2. The van der Waals surface area contributed by atoms with E-state index in [4.69, 9.17) is 5.73 Å². The summed E-state index contributed by atoms with van der Waals surface area (Å²) in [4.78, 5) is 21.0. The number of nitrogens with one attached hydrogen (secondary N) is 1. The molecule has 0 fully saturated rings. The highest BCUT2D eigenvalue weighted by atomic mass is 16.2. The SMILES string of the molecule is CC.CCC(C)CC(=O)NC(N)=O. The Morgan fingerprint density at radius 1 is 1.38 bits per heavy atom. The monoisotopic (exact) mass is 188 g/mol. The lowest BCUT2D eigenvalue weighted by molar-refractivity contribution is -0.120. The van der Waals surface area contributed by atoms with E-state index < -0.39 is 6.03 Å². The molecule has 3 amide bonds. The van der Waals surface area contributed by atoms with Crippen molar-refractivity contribution in [1.82, 2.24) is 5.32 Å². The van der Waals surface area contributed by atoms with Gasteiger partial charge in [0.1, 0.15) is 0 Å². The highest BCUT2D eigenvalue weighted by Crippen LogP contribution is 2.04. The topological polar surface area (TPSA) is 72.2 Å². The summed E-state index contributed by atoms with van der Waals surface area (Å²) in [5.41, 5.74) is 4.74. The van der Waals surface area contributed by atoms with Crippen LogP contribution in [-0.4, -0.2) is 11.9 Å². The second kappa shape index (κ2) is 9.03. The fraction of sp³-hybridized carbons (Fsp3) is 0.778. The van der Waals surface area contributed by atoms with Gasteiger partial charge in [-0.1, -0.05) is 34.1 Å². The van der Waals surface area contributed by atoms with Crippen LogP contribution in [0.2, 0.25) is 0 Å². The molecule has 0 aliphatic rings. The molecule has 1 unspecified atom stereocenters. The fourth-order valence-electron chi connectivity index (χ4n) is 0.649. The largest absolute Gasteiger partial charge is 0.351 e. The van der Waals surface area contributed by atoms with Crippen molar-refractivity contribution < 1.29 is 9.59 Å². The van der Waals surface area contributed by atoms with Crippen LogP contribution in [0.25, 0.3) is 0 Å². The highest BCUT2D eigenvalue weighted by Gasteiger charge is 2.07. The van der Waals surface area contributed by atoms with Crippen LogP contribution in [0.4, 0.5) is 4.79 Å². The molecule has 0 rings (SSSR count). The zero-order valence-corrected chi connectivity index (χ0v) is 8.89. The number of imide groups is 1. The number of urea groups is 1. The van der Waals surface area contributed by atoms with Crippen molar-refractivity contribution in [2.24, 2.45) is 11.7 Å². The molecule has 0 aromatic heterocycles. The second-order valence-corrected chi connectivity index (χ2v) is 2.63. The lowest BCUT2D eigenvalue weighted by Crippen LogP contribution is -2.35. The smallest absolute Gasteiger partial charge is 0.318 e. The van der Waals surface area contributed by atoms with Gasteiger partial charge in [0.15, 0.2) is 0 Å². The standard InChI is InChI=1S/C7H14N2O2.C2H6/c1-3-5(2)4-6(10)9-7(8)11;1-2/h5H,3-4H2,1-2H3,(H3,8,9,10,11);1-2H3. The van der Waals surface area contributed by atoms with Crippen LogP contribution >= 0.6 is 0 Å². The molecule has 0 saturated carbocycles.